The molecule has 0 aliphatic carbocycles. The molecule has 7 heteroatoms. The van der Waals surface area contributed by atoms with E-state index in [4.69, 9.17) is 14.2 Å². The van der Waals surface area contributed by atoms with Crippen LogP contribution in [-0.2, 0) is 32.2 Å². The summed E-state index contributed by atoms with van der Waals surface area (Å²) in [4.78, 5) is 13.2. The second kappa shape index (κ2) is 12.3. The molecule has 1 heterocycles. The van der Waals surface area contributed by atoms with E-state index in [1.54, 1.807) is 35.3 Å². The highest BCUT2D eigenvalue weighted by Gasteiger charge is 2.47. The van der Waals surface area contributed by atoms with Crippen LogP contribution >= 0.6 is 35.3 Å². The van der Waals surface area contributed by atoms with Crippen LogP contribution in [0.15, 0.2) is 60.7 Å². The van der Waals surface area contributed by atoms with Crippen molar-refractivity contribution in [2.45, 2.75) is 41.4 Å². The molecule has 0 N–H and O–H groups in total. The molecule has 0 bridgehead atoms. The summed E-state index contributed by atoms with van der Waals surface area (Å²) in [6, 6.07) is 19.9. The molecule has 1 aliphatic rings. The number of hydrogen-bond acceptors (Lipinski definition) is 7. The molecule has 0 aromatic heterocycles. The van der Waals surface area contributed by atoms with Gasteiger partial charge in [0.15, 0.2) is 5.78 Å². The molecule has 1 saturated heterocycles. The average molecular weight is 479 g/mol. The average Bonchev–Trinajstić information content (AvgIpc) is 2.81. The van der Waals surface area contributed by atoms with Crippen molar-refractivity contribution in [2.75, 3.05) is 25.4 Å². The first-order valence-electron chi connectivity index (χ1n) is 10.2. The van der Waals surface area contributed by atoms with Gasteiger partial charge in [-0.05, 0) is 29.9 Å². The van der Waals surface area contributed by atoms with Crippen LogP contribution in [0.4, 0.5) is 0 Å². The van der Waals surface area contributed by atoms with Gasteiger partial charge in [0, 0.05) is 6.42 Å². The number of ketones is 1. The van der Waals surface area contributed by atoms with E-state index in [0.717, 1.165) is 11.1 Å². The Hall–Kier alpha value is -0.960. The monoisotopic (exact) mass is 478 g/mol. The zero-order valence-corrected chi connectivity index (χ0v) is 20.6. The van der Waals surface area contributed by atoms with Gasteiger partial charge in [-0.3, -0.25) is 4.79 Å². The maximum atomic E-state index is 13.2. The summed E-state index contributed by atoms with van der Waals surface area (Å²) in [5.41, 5.74) is 2.13. The molecule has 0 spiro atoms. The highest BCUT2D eigenvalue weighted by Crippen LogP contribution is 2.49. The number of hydrogen-bond donors (Lipinski definition) is 0. The Labute approximate surface area is 198 Å². The van der Waals surface area contributed by atoms with Gasteiger partial charge in [0.25, 0.3) is 0 Å². The molecule has 2 aromatic carbocycles. The molecule has 168 valence electrons. The lowest BCUT2D eigenvalue weighted by Crippen LogP contribution is -2.53. The van der Waals surface area contributed by atoms with Gasteiger partial charge in [-0.25, -0.2) is 0 Å². The van der Waals surface area contributed by atoms with E-state index in [0.29, 0.717) is 26.2 Å². The van der Waals surface area contributed by atoms with Gasteiger partial charge in [0.1, 0.15) is 15.6 Å². The van der Waals surface area contributed by atoms with Crippen molar-refractivity contribution in [3.8, 4) is 0 Å². The fourth-order valence-electron chi connectivity index (χ4n) is 3.64. The minimum absolute atomic E-state index is 0.0852. The summed E-state index contributed by atoms with van der Waals surface area (Å²) < 4.78 is 18.3. The number of benzene rings is 2. The molecule has 31 heavy (non-hydrogen) atoms. The Morgan fingerprint density at radius 1 is 0.903 bits per heavy atom. The van der Waals surface area contributed by atoms with Crippen molar-refractivity contribution in [1.82, 2.24) is 0 Å². The van der Waals surface area contributed by atoms with Crippen molar-refractivity contribution >= 4 is 41.1 Å². The van der Waals surface area contributed by atoms with E-state index in [2.05, 4.69) is 18.8 Å². The fourth-order valence-corrected chi connectivity index (χ4v) is 6.85. The molecule has 0 saturated carbocycles. The molecular formula is C24H30O4S3. The summed E-state index contributed by atoms with van der Waals surface area (Å²) >= 11 is 5.18. The topological polar surface area (TPSA) is 44.8 Å². The normalized spacial score (nSPS) is 21.9. The SMILES string of the molecule is CSC(SC)(SC)[C@@H]1CC(=O)[C@@H](OCc2ccccc2)[C@@H](COCc2ccccc2)O1. The van der Waals surface area contributed by atoms with Crippen LogP contribution in [-0.4, -0.2) is 52.9 Å². The maximum Gasteiger partial charge on any atom is 0.167 e. The lowest BCUT2D eigenvalue weighted by molar-refractivity contribution is -0.177. The van der Waals surface area contributed by atoms with Crippen LogP contribution in [0, 0.1) is 0 Å². The van der Waals surface area contributed by atoms with E-state index in [9.17, 15) is 4.79 Å². The molecule has 1 fully saturated rings. The van der Waals surface area contributed by atoms with Crippen LogP contribution in [0.3, 0.4) is 0 Å². The van der Waals surface area contributed by atoms with Crippen molar-refractivity contribution in [3.63, 3.8) is 0 Å². The van der Waals surface area contributed by atoms with Crippen molar-refractivity contribution in [2.24, 2.45) is 0 Å². The van der Waals surface area contributed by atoms with Crippen LogP contribution in [0.1, 0.15) is 17.5 Å². The van der Waals surface area contributed by atoms with Crippen LogP contribution < -0.4 is 0 Å². The summed E-state index contributed by atoms with van der Waals surface area (Å²) in [5, 5.41) is 0. The lowest BCUT2D eigenvalue weighted by atomic mass is 10.00. The summed E-state index contributed by atoms with van der Waals surface area (Å²) in [7, 11) is 0. The van der Waals surface area contributed by atoms with Gasteiger partial charge >= 0.3 is 0 Å². The second-order valence-corrected chi connectivity index (χ2v) is 11.2. The summed E-state index contributed by atoms with van der Waals surface area (Å²) in [6.07, 6.45) is 5.28. The number of thioether (sulfide) groups is 3. The Balaban J connectivity index is 1.71. The fraction of sp³-hybridized carbons (Fsp3) is 0.458. The van der Waals surface area contributed by atoms with Crippen LogP contribution in [0.25, 0.3) is 0 Å². The Morgan fingerprint density at radius 3 is 2.00 bits per heavy atom. The quantitative estimate of drug-likeness (QED) is 0.408. The van der Waals surface area contributed by atoms with E-state index >= 15 is 0 Å². The van der Waals surface area contributed by atoms with Gasteiger partial charge < -0.3 is 14.2 Å². The number of carbonyl (C=O) groups excluding carboxylic acids is 1. The third-order valence-corrected chi connectivity index (χ3v) is 10.8. The van der Waals surface area contributed by atoms with Gasteiger partial charge in [0.2, 0.25) is 0 Å². The molecule has 0 unspecified atom stereocenters. The first-order chi connectivity index (χ1) is 15.1. The number of ether oxygens (including phenoxy) is 3. The van der Waals surface area contributed by atoms with Gasteiger partial charge in [0.05, 0.1) is 25.9 Å². The van der Waals surface area contributed by atoms with E-state index in [1.807, 2.05) is 60.7 Å². The molecule has 1 aliphatic heterocycles. The highest BCUT2D eigenvalue weighted by molar-refractivity contribution is 8.33. The first-order valence-corrected chi connectivity index (χ1v) is 13.9. The molecule has 4 nitrogen and oxygen atoms in total. The predicted molar refractivity (Wildman–Crippen MR) is 133 cm³/mol. The van der Waals surface area contributed by atoms with Gasteiger partial charge in [-0.15, -0.1) is 35.3 Å². The predicted octanol–water partition coefficient (Wildman–Crippen LogP) is 5.26. The summed E-state index contributed by atoms with van der Waals surface area (Å²) in [5.74, 6) is 0.0852. The highest BCUT2D eigenvalue weighted by atomic mass is 32.3. The maximum absolute atomic E-state index is 13.2. The zero-order chi connectivity index (χ0) is 22.1. The van der Waals surface area contributed by atoms with E-state index in [-0.39, 0.29) is 15.3 Å². The second-order valence-electron chi connectivity index (χ2n) is 7.27. The van der Waals surface area contributed by atoms with Crippen molar-refractivity contribution in [3.05, 3.63) is 71.8 Å². The number of Topliss-reactive ketones (excluding diaryl/α,β-unsaturated/α-hetero) is 1. The van der Waals surface area contributed by atoms with E-state index < -0.39 is 12.2 Å². The minimum Gasteiger partial charge on any atom is -0.374 e. The Kier molecular flexibility index (Phi) is 9.81. The molecule has 2 aromatic rings. The smallest absolute Gasteiger partial charge is 0.167 e. The molecule has 3 atom stereocenters. The lowest BCUT2D eigenvalue weighted by Gasteiger charge is -2.43. The zero-order valence-electron chi connectivity index (χ0n) is 18.2. The largest absolute Gasteiger partial charge is 0.374 e. The van der Waals surface area contributed by atoms with Gasteiger partial charge in [-0.2, -0.15) is 0 Å². The van der Waals surface area contributed by atoms with E-state index in [1.165, 1.54) is 0 Å². The molecule has 0 amide bonds. The van der Waals surface area contributed by atoms with Crippen LogP contribution in [0.5, 0.6) is 0 Å². The van der Waals surface area contributed by atoms with Gasteiger partial charge in [-0.1, -0.05) is 60.7 Å². The summed E-state index contributed by atoms with van der Waals surface area (Å²) in [6.45, 7) is 1.16. The Morgan fingerprint density at radius 2 is 1.45 bits per heavy atom. The first kappa shape index (κ1) is 24.7. The minimum atomic E-state index is -0.629. The molecule has 3 rings (SSSR count). The van der Waals surface area contributed by atoms with Crippen LogP contribution in [0.2, 0.25) is 0 Å². The van der Waals surface area contributed by atoms with Crippen molar-refractivity contribution < 1.29 is 19.0 Å². The third-order valence-electron chi connectivity index (χ3n) is 5.29. The molecular weight excluding hydrogens is 448 g/mol. The molecule has 0 radical (unpaired) electrons. The number of rotatable bonds is 11. The van der Waals surface area contributed by atoms with Crippen molar-refractivity contribution in [1.29, 1.82) is 0 Å². The standard InChI is InChI=1S/C24H30O4S3/c1-29-24(30-2,31-3)22-14-20(25)23(27-16-19-12-8-5-9-13-19)21(28-22)17-26-15-18-10-6-4-7-11-18/h4-13,21-23H,14-17H2,1-3H3/t21-,22+,23-/m1/s1. The third kappa shape index (κ3) is 6.53. The number of carbonyl (C=O) groups is 1. The Bertz CT molecular complexity index is 791.